The van der Waals surface area contributed by atoms with Crippen molar-refractivity contribution in [2.45, 2.75) is 57.9 Å². The number of aryl methyl sites for hydroxylation is 1. The number of carbonyl (C=O) groups excluding carboxylic acids is 1. The van der Waals surface area contributed by atoms with Crippen molar-refractivity contribution >= 4 is 15.9 Å². The number of hydrogen-bond donors (Lipinski definition) is 1. The fraction of sp³-hybridized carbons (Fsp3) is 0.682. The molecule has 0 saturated heterocycles. The maximum absolute atomic E-state index is 13.1. The van der Waals surface area contributed by atoms with Crippen LogP contribution in [0.3, 0.4) is 0 Å². The van der Waals surface area contributed by atoms with Crippen LogP contribution in [0.2, 0.25) is 0 Å². The summed E-state index contributed by atoms with van der Waals surface area (Å²) < 4.78 is 32.2. The number of likely N-dealkylation sites (N-methyl/N-ethyl adjacent to an activating group) is 1. The van der Waals surface area contributed by atoms with Gasteiger partial charge in [0.25, 0.3) is 5.91 Å². The van der Waals surface area contributed by atoms with Crippen LogP contribution in [0.5, 0.6) is 0 Å². The van der Waals surface area contributed by atoms with Gasteiger partial charge in [-0.1, -0.05) is 26.8 Å². The molecule has 1 amide bonds. The van der Waals surface area contributed by atoms with Gasteiger partial charge in [-0.25, -0.2) is 8.42 Å². The molecular formula is C22H34N2O4S. The minimum atomic E-state index is -3.70. The second-order valence-electron chi connectivity index (χ2n) is 9.62. The van der Waals surface area contributed by atoms with E-state index in [4.69, 9.17) is 4.74 Å². The van der Waals surface area contributed by atoms with E-state index in [1.807, 2.05) is 0 Å². The highest BCUT2D eigenvalue weighted by atomic mass is 32.2. The lowest BCUT2D eigenvalue weighted by molar-refractivity contribution is 0.0737. The van der Waals surface area contributed by atoms with Gasteiger partial charge in [-0.2, -0.15) is 4.31 Å². The molecule has 2 unspecified atom stereocenters. The fourth-order valence-electron chi connectivity index (χ4n) is 5.40. The molecule has 2 bridgehead atoms. The molecule has 6 nitrogen and oxygen atoms in total. The molecule has 2 saturated carbocycles. The summed E-state index contributed by atoms with van der Waals surface area (Å²) >= 11 is 0. The normalized spacial score (nSPS) is 28.1. The molecule has 0 aromatic heterocycles. The van der Waals surface area contributed by atoms with Crippen LogP contribution in [-0.4, -0.2) is 52.0 Å². The molecule has 2 aliphatic rings. The molecule has 3 atom stereocenters. The number of rotatable bonds is 7. The van der Waals surface area contributed by atoms with Crippen LogP contribution < -0.4 is 5.32 Å². The predicted molar refractivity (Wildman–Crippen MR) is 113 cm³/mol. The van der Waals surface area contributed by atoms with E-state index in [1.54, 1.807) is 19.1 Å². The second kappa shape index (κ2) is 7.67. The molecule has 2 aliphatic carbocycles. The van der Waals surface area contributed by atoms with Gasteiger partial charge in [-0.15, -0.1) is 0 Å². The molecule has 1 aromatic rings. The number of amides is 1. The maximum atomic E-state index is 13.1. The molecule has 1 N–H and O–H groups in total. The molecule has 0 spiro atoms. The second-order valence-corrected chi connectivity index (χ2v) is 11.6. The Kier molecular flexibility index (Phi) is 5.89. The molecule has 3 rings (SSSR count). The van der Waals surface area contributed by atoms with Crippen molar-refractivity contribution < 1.29 is 17.9 Å². The van der Waals surface area contributed by atoms with Crippen LogP contribution in [0.15, 0.2) is 23.1 Å². The van der Waals surface area contributed by atoms with Crippen molar-refractivity contribution in [3.8, 4) is 0 Å². The number of sulfonamides is 1. The third-order valence-corrected chi connectivity index (χ3v) is 9.29. The molecule has 0 aliphatic heterocycles. The number of carbonyl (C=O) groups is 1. The third kappa shape index (κ3) is 3.84. The monoisotopic (exact) mass is 422 g/mol. The zero-order chi connectivity index (χ0) is 21.6. The maximum Gasteiger partial charge on any atom is 0.251 e. The van der Waals surface area contributed by atoms with Crippen LogP contribution >= 0.6 is 0 Å². The smallest absolute Gasteiger partial charge is 0.251 e. The van der Waals surface area contributed by atoms with Crippen molar-refractivity contribution in [1.29, 1.82) is 0 Å². The lowest BCUT2D eigenvalue weighted by atomic mass is 9.68. The first kappa shape index (κ1) is 22.2. The summed E-state index contributed by atoms with van der Waals surface area (Å²) in [5, 5.41) is 3.25. The molecule has 7 heteroatoms. The van der Waals surface area contributed by atoms with Crippen LogP contribution in [0.4, 0.5) is 0 Å². The van der Waals surface area contributed by atoms with Gasteiger partial charge in [0.1, 0.15) is 0 Å². The van der Waals surface area contributed by atoms with Crippen molar-refractivity contribution in [2.75, 3.05) is 27.3 Å². The largest absolute Gasteiger partial charge is 0.383 e. The molecule has 1 aromatic carbocycles. The highest BCUT2D eigenvalue weighted by Crippen LogP contribution is 2.62. The minimum absolute atomic E-state index is 0.0443. The van der Waals surface area contributed by atoms with Gasteiger partial charge < -0.3 is 10.1 Å². The number of fused-ring (bicyclic) bond motifs is 2. The number of nitrogens with one attached hydrogen (secondary N) is 1. The summed E-state index contributed by atoms with van der Waals surface area (Å²) in [4.78, 5) is 13.3. The SMILES string of the molecule is COCCN(C)S(=O)(=O)c1cc(C(=O)NC2C3(C)CC[C@H](C3)C2(C)C)ccc1C. The van der Waals surface area contributed by atoms with Crippen molar-refractivity contribution in [2.24, 2.45) is 16.7 Å². The highest BCUT2D eigenvalue weighted by Gasteiger charge is 2.59. The summed E-state index contributed by atoms with van der Waals surface area (Å²) in [6.07, 6.45) is 3.49. The molecule has 2 fully saturated rings. The summed E-state index contributed by atoms with van der Waals surface area (Å²) in [7, 11) is -0.632. The summed E-state index contributed by atoms with van der Waals surface area (Å²) in [6.45, 7) is 9.06. The molecule has 0 radical (unpaired) electrons. The average molecular weight is 423 g/mol. The Hall–Kier alpha value is -1.44. The lowest BCUT2D eigenvalue weighted by Crippen LogP contribution is -2.52. The van der Waals surface area contributed by atoms with Crippen molar-refractivity contribution in [1.82, 2.24) is 9.62 Å². The summed E-state index contributed by atoms with van der Waals surface area (Å²) in [5.74, 6) is 0.425. The Morgan fingerprint density at radius 2 is 2.00 bits per heavy atom. The number of methoxy groups -OCH3 is 1. The first-order valence-corrected chi connectivity index (χ1v) is 11.7. The molecule has 162 valence electrons. The lowest BCUT2D eigenvalue weighted by Gasteiger charge is -2.43. The molecular weight excluding hydrogens is 388 g/mol. The van der Waals surface area contributed by atoms with E-state index >= 15 is 0 Å². The fourth-order valence-corrected chi connectivity index (χ4v) is 6.81. The topological polar surface area (TPSA) is 75.7 Å². The van der Waals surface area contributed by atoms with E-state index in [1.165, 1.54) is 30.9 Å². The van der Waals surface area contributed by atoms with Crippen molar-refractivity contribution in [3.05, 3.63) is 29.3 Å². The van der Waals surface area contributed by atoms with E-state index in [0.717, 1.165) is 12.8 Å². The van der Waals surface area contributed by atoms with Crippen LogP contribution in [0, 0.1) is 23.7 Å². The summed E-state index contributed by atoms with van der Waals surface area (Å²) in [5.41, 5.74) is 1.17. The minimum Gasteiger partial charge on any atom is -0.383 e. The Bertz CT molecular complexity index is 891. The van der Waals surface area contributed by atoms with Gasteiger partial charge in [-0.3, -0.25) is 4.79 Å². The third-order valence-electron chi connectivity index (χ3n) is 7.29. The zero-order valence-electron chi connectivity index (χ0n) is 18.4. The number of benzene rings is 1. The van der Waals surface area contributed by atoms with E-state index < -0.39 is 10.0 Å². The van der Waals surface area contributed by atoms with Crippen molar-refractivity contribution in [3.63, 3.8) is 0 Å². The summed E-state index contributed by atoms with van der Waals surface area (Å²) in [6, 6.07) is 5.01. The standard InChI is InChI=1S/C22H34N2O4S/c1-15-7-8-16(13-18(15)29(26,27)24(5)11-12-28-6)19(25)23-20-21(2,3)17-9-10-22(20,4)14-17/h7-8,13,17,20H,9-12,14H2,1-6H3,(H,23,25)/t17-,20?,22?/m1/s1. The van der Waals surface area contributed by atoms with E-state index in [-0.39, 0.29) is 34.2 Å². The average Bonchev–Trinajstić information content (AvgIpc) is 3.14. The Labute approximate surface area is 175 Å². The Morgan fingerprint density at radius 3 is 2.59 bits per heavy atom. The first-order valence-electron chi connectivity index (χ1n) is 10.3. The number of ether oxygens (including phenoxy) is 1. The highest BCUT2D eigenvalue weighted by molar-refractivity contribution is 7.89. The van der Waals surface area contributed by atoms with Crippen LogP contribution in [-0.2, 0) is 14.8 Å². The predicted octanol–water partition coefficient (Wildman–Crippen LogP) is 3.21. The Balaban J connectivity index is 1.85. The number of hydrogen-bond acceptors (Lipinski definition) is 4. The first-order chi connectivity index (χ1) is 13.4. The molecule has 0 heterocycles. The van der Waals surface area contributed by atoms with Gasteiger partial charge in [0.15, 0.2) is 0 Å². The van der Waals surface area contributed by atoms with E-state index in [9.17, 15) is 13.2 Å². The Morgan fingerprint density at radius 1 is 1.31 bits per heavy atom. The number of nitrogens with zero attached hydrogens (tertiary/aromatic N) is 1. The van der Waals surface area contributed by atoms with E-state index in [2.05, 4.69) is 26.1 Å². The zero-order valence-corrected chi connectivity index (χ0v) is 19.2. The quantitative estimate of drug-likeness (QED) is 0.732. The van der Waals surface area contributed by atoms with Gasteiger partial charge in [0, 0.05) is 32.3 Å². The van der Waals surface area contributed by atoms with E-state index in [0.29, 0.717) is 23.7 Å². The molecule has 29 heavy (non-hydrogen) atoms. The van der Waals surface area contributed by atoms with Gasteiger partial charge in [0.05, 0.1) is 11.5 Å². The van der Waals surface area contributed by atoms with Crippen LogP contribution in [0.25, 0.3) is 0 Å². The van der Waals surface area contributed by atoms with Gasteiger partial charge in [-0.05, 0) is 60.6 Å². The van der Waals surface area contributed by atoms with Gasteiger partial charge >= 0.3 is 0 Å². The van der Waals surface area contributed by atoms with Gasteiger partial charge in [0.2, 0.25) is 10.0 Å². The van der Waals surface area contributed by atoms with Crippen LogP contribution in [0.1, 0.15) is 56.0 Å².